The summed E-state index contributed by atoms with van der Waals surface area (Å²) in [5, 5.41) is 9.12. The predicted octanol–water partition coefficient (Wildman–Crippen LogP) is 3.19. The van der Waals surface area contributed by atoms with E-state index in [2.05, 4.69) is 15.6 Å². The highest BCUT2D eigenvalue weighted by Crippen LogP contribution is 2.23. The molecular weight excluding hydrogens is 329 g/mol. The quantitative estimate of drug-likeness (QED) is 0.897. The van der Waals surface area contributed by atoms with Gasteiger partial charge < -0.3 is 10.6 Å². The number of hydrogen-bond acceptors (Lipinski definition) is 4. The van der Waals surface area contributed by atoms with Crippen LogP contribution in [0.25, 0.3) is 0 Å². The molecule has 2 aromatic rings. The minimum absolute atomic E-state index is 0. The lowest BCUT2D eigenvalue weighted by Gasteiger charge is -2.05. The number of halogens is 2. The van der Waals surface area contributed by atoms with E-state index < -0.39 is 0 Å². The topological polar surface area (TPSA) is 54.0 Å². The molecule has 0 saturated heterocycles. The van der Waals surface area contributed by atoms with Gasteiger partial charge in [-0.3, -0.25) is 4.79 Å². The Morgan fingerprint density at radius 2 is 2.24 bits per heavy atom. The number of benzene rings is 1. The molecule has 1 aromatic heterocycles. The number of aromatic nitrogens is 1. The van der Waals surface area contributed by atoms with Gasteiger partial charge in [-0.25, -0.2) is 4.98 Å². The van der Waals surface area contributed by atoms with Crippen LogP contribution in [0.15, 0.2) is 23.6 Å². The Morgan fingerprint density at radius 3 is 2.95 bits per heavy atom. The van der Waals surface area contributed by atoms with Gasteiger partial charge in [-0.2, -0.15) is 0 Å². The third-order valence-corrected chi connectivity index (χ3v) is 4.11. The van der Waals surface area contributed by atoms with Crippen LogP contribution in [0.2, 0.25) is 0 Å². The molecule has 0 bridgehead atoms. The molecule has 7 heteroatoms. The van der Waals surface area contributed by atoms with Crippen molar-refractivity contribution >= 4 is 47.7 Å². The van der Waals surface area contributed by atoms with E-state index in [1.807, 2.05) is 30.5 Å². The molecule has 1 amide bonds. The SMILES string of the molecule is Cc1csc(CNC(=O)c2ccc3c(c2)CCN3)n1.Cl.Cl. The van der Waals surface area contributed by atoms with Gasteiger partial charge >= 0.3 is 0 Å². The first-order valence-electron chi connectivity index (χ1n) is 6.28. The number of nitrogens with one attached hydrogen (secondary N) is 2. The van der Waals surface area contributed by atoms with E-state index in [4.69, 9.17) is 0 Å². The minimum atomic E-state index is -0.0393. The van der Waals surface area contributed by atoms with E-state index in [-0.39, 0.29) is 30.7 Å². The zero-order valence-electron chi connectivity index (χ0n) is 11.5. The van der Waals surface area contributed by atoms with Crippen molar-refractivity contribution in [3.05, 3.63) is 45.4 Å². The second-order valence-corrected chi connectivity index (χ2v) is 5.56. The van der Waals surface area contributed by atoms with Gasteiger partial charge in [-0.15, -0.1) is 36.2 Å². The molecular formula is C14H17Cl2N3OS. The average Bonchev–Trinajstić information content (AvgIpc) is 3.03. The molecule has 1 aromatic carbocycles. The maximum atomic E-state index is 12.1. The van der Waals surface area contributed by atoms with Crippen LogP contribution in [0.1, 0.15) is 26.6 Å². The summed E-state index contributed by atoms with van der Waals surface area (Å²) in [7, 11) is 0. The first-order valence-corrected chi connectivity index (χ1v) is 7.16. The second kappa shape index (κ2) is 7.64. The molecule has 1 aliphatic rings. The maximum absolute atomic E-state index is 12.1. The van der Waals surface area contributed by atoms with Crippen molar-refractivity contribution in [3.63, 3.8) is 0 Å². The van der Waals surface area contributed by atoms with Crippen LogP contribution in [0, 0.1) is 6.92 Å². The van der Waals surface area contributed by atoms with Gasteiger partial charge in [0.1, 0.15) is 5.01 Å². The number of aryl methyl sites for hydroxylation is 1. The lowest BCUT2D eigenvalue weighted by atomic mass is 10.1. The third-order valence-electron chi connectivity index (χ3n) is 3.14. The molecule has 4 nitrogen and oxygen atoms in total. The fraction of sp³-hybridized carbons (Fsp3) is 0.286. The number of fused-ring (bicyclic) bond motifs is 1. The van der Waals surface area contributed by atoms with E-state index in [0.29, 0.717) is 6.54 Å². The summed E-state index contributed by atoms with van der Waals surface area (Å²) >= 11 is 1.57. The number of anilines is 1. The van der Waals surface area contributed by atoms with Crippen LogP contribution in [0.5, 0.6) is 0 Å². The molecule has 0 radical (unpaired) electrons. The zero-order chi connectivity index (χ0) is 13.2. The molecule has 1 aliphatic heterocycles. The number of hydrogen-bond donors (Lipinski definition) is 2. The third kappa shape index (κ3) is 4.09. The number of rotatable bonds is 3. The fourth-order valence-electron chi connectivity index (χ4n) is 2.19. The highest BCUT2D eigenvalue weighted by Gasteiger charge is 2.13. The summed E-state index contributed by atoms with van der Waals surface area (Å²) in [5.41, 5.74) is 4.08. The van der Waals surface area contributed by atoms with Crippen molar-refractivity contribution in [1.29, 1.82) is 0 Å². The summed E-state index contributed by atoms with van der Waals surface area (Å²) in [5.74, 6) is -0.0393. The van der Waals surface area contributed by atoms with Crippen LogP contribution < -0.4 is 10.6 Å². The van der Waals surface area contributed by atoms with Crippen molar-refractivity contribution in [2.45, 2.75) is 19.9 Å². The first-order chi connectivity index (χ1) is 9.22. The van der Waals surface area contributed by atoms with E-state index in [9.17, 15) is 4.79 Å². The Labute approximate surface area is 140 Å². The molecule has 0 unspecified atom stereocenters. The smallest absolute Gasteiger partial charge is 0.251 e. The summed E-state index contributed by atoms with van der Waals surface area (Å²) in [6.45, 7) is 3.40. The van der Waals surface area contributed by atoms with E-state index in [1.54, 1.807) is 11.3 Å². The maximum Gasteiger partial charge on any atom is 0.251 e. The monoisotopic (exact) mass is 345 g/mol. The lowest BCUT2D eigenvalue weighted by Crippen LogP contribution is -2.22. The highest BCUT2D eigenvalue weighted by molar-refractivity contribution is 7.09. The van der Waals surface area contributed by atoms with E-state index in [1.165, 1.54) is 5.56 Å². The van der Waals surface area contributed by atoms with Crippen molar-refractivity contribution in [2.75, 3.05) is 11.9 Å². The number of carbonyl (C=O) groups excluding carboxylic acids is 1. The molecule has 114 valence electrons. The van der Waals surface area contributed by atoms with Crippen LogP contribution in [-0.2, 0) is 13.0 Å². The number of nitrogens with zero attached hydrogens (tertiary/aromatic N) is 1. The Kier molecular flexibility index (Phi) is 6.45. The van der Waals surface area contributed by atoms with Crippen molar-refractivity contribution in [1.82, 2.24) is 10.3 Å². The standard InChI is InChI=1S/C14H15N3OS.2ClH/c1-9-8-19-13(17-9)7-16-14(18)11-2-3-12-10(6-11)4-5-15-12;;/h2-3,6,8,15H,4-5,7H2,1H3,(H,16,18);2*1H. The van der Waals surface area contributed by atoms with Gasteiger partial charge in [-0.1, -0.05) is 0 Å². The summed E-state index contributed by atoms with van der Waals surface area (Å²) in [4.78, 5) is 16.4. The van der Waals surface area contributed by atoms with Gasteiger partial charge in [0.15, 0.2) is 0 Å². The Morgan fingerprint density at radius 1 is 1.43 bits per heavy atom. The number of thiazole rings is 1. The van der Waals surface area contributed by atoms with Crippen LogP contribution in [0.3, 0.4) is 0 Å². The Balaban J connectivity index is 0.00000110. The molecule has 3 rings (SSSR count). The highest BCUT2D eigenvalue weighted by atomic mass is 35.5. The van der Waals surface area contributed by atoms with Crippen LogP contribution >= 0.6 is 36.2 Å². The van der Waals surface area contributed by atoms with Crippen molar-refractivity contribution < 1.29 is 4.79 Å². The molecule has 2 heterocycles. The molecule has 0 spiro atoms. The van der Waals surface area contributed by atoms with Gasteiger partial charge in [-0.05, 0) is 37.1 Å². The second-order valence-electron chi connectivity index (χ2n) is 4.61. The molecule has 0 aliphatic carbocycles. The average molecular weight is 346 g/mol. The molecule has 0 atom stereocenters. The van der Waals surface area contributed by atoms with Crippen LogP contribution in [0.4, 0.5) is 5.69 Å². The van der Waals surface area contributed by atoms with E-state index in [0.717, 1.165) is 34.9 Å². The van der Waals surface area contributed by atoms with Gasteiger partial charge in [0, 0.05) is 28.9 Å². The van der Waals surface area contributed by atoms with Crippen LogP contribution in [-0.4, -0.2) is 17.4 Å². The molecule has 2 N–H and O–H groups in total. The molecule has 21 heavy (non-hydrogen) atoms. The lowest BCUT2D eigenvalue weighted by molar-refractivity contribution is 0.0951. The van der Waals surface area contributed by atoms with E-state index >= 15 is 0 Å². The predicted molar refractivity (Wildman–Crippen MR) is 91.2 cm³/mol. The van der Waals surface area contributed by atoms with Gasteiger partial charge in [0.25, 0.3) is 5.91 Å². The van der Waals surface area contributed by atoms with Crippen molar-refractivity contribution in [2.24, 2.45) is 0 Å². The normalized spacial score (nSPS) is 11.7. The summed E-state index contributed by atoms with van der Waals surface area (Å²) in [6.07, 6.45) is 0.988. The number of amides is 1. The first kappa shape index (κ1) is 17.8. The van der Waals surface area contributed by atoms with Gasteiger partial charge in [0.05, 0.1) is 6.54 Å². The molecule has 0 saturated carbocycles. The largest absolute Gasteiger partial charge is 0.384 e. The Hall–Kier alpha value is -1.30. The molecule has 0 fully saturated rings. The summed E-state index contributed by atoms with van der Waals surface area (Å²) < 4.78 is 0. The minimum Gasteiger partial charge on any atom is -0.384 e. The summed E-state index contributed by atoms with van der Waals surface area (Å²) in [6, 6.07) is 5.81. The zero-order valence-corrected chi connectivity index (χ0v) is 14.0. The van der Waals surface area contributed by atoms with Crippen molar-refractivity contribution in [3.8, 4) is 0 Å². The van der Waals surface area contributed by atoms with Gasteiger partial charge in [0.2, 0.25) is 0 Å². The fourth-order valence-corrected chi connectivity index (χ4v) is 2.90. The number of carbonyl (C=O) groups is 1. The Bertz CT molecular complexity index is 630.